The molecular weight excluding hydrogens is 167 g/mol. The number of thiol groups is 1. The molecule has 2 nitrogen and oxygen atoms in total. The molecule has 0 radical (unpaired) electrons. The van der Waals surface area contributed by atoms with Crippen LogP contribution < -0.4 is 0 Å². The number of nitrogens with zero attached hydrogens (tertiary/aromatic N) is 1. The van der Waals surface area contributed by atoms with Crippen molar-refractivity contribution in [3.63, 3.8) is 0 Å². The number of fused-ring (bicyclic) bond motifs is 1. The summed E-state index contributed by atoms with van der Waals surface area (Å²) in [5.74, 6) is 0. The summed E-state index contributed by atoms with van der Waals surface area (Å²) in [6.07, 6.45) is 3.60. The van der Waals surface area contributed by atoms with E-state index in [0.29, 0.717) is 0 Å². The van der Waals surface area contributed by atoms with E-state index in [4.69, 9.17) is 0 Å². The van der Waals surface area contributed by atoms with Crippen LogP contribution in [0, 0.1) is 0 Å². The van der Waals surface area contributed by atoms with Crippen molar-refractivity contribution >= 4 is 53.2 Å². The summed E-state index contributed by atoms with van der Waals surface area (Å²) in [6.45, 7) is 0. The van der Waals surface area contributed by atoms with E-state index in [9.17, 15) is 0 Å². The molecular formula is C7H7N2NaS. The van der Waals surface area contributed by atoms with E-state index >= 15 is 0 Å². The van der Waals surface area contributed by atoms with Crippen LogP contribution in [0.4, 0.5) is 0 Å². The van der Waals surface area contributed by atoms with Gasteiger partial charge in [-0.15, -0.1) is 12.6 Å². The Labute approximate surface area is 92.1 Å². The molecule has 4 heteroatoms. The van der Waals surface area contributed by atoms with Crippen LogP contribution in [0.15, 0.2) is 29.4 Å². The van der Waals surface area contributed by atoms with E-state index in [1.54, 1.807) is 6.20 Å². The molecule has 2 aromatic rings. The Bertz CT molecular complexity index is 358. The van der Waals surface area contributed by atoms with Crippen LogP contribution in [0.25, 0.3) is 11.0 Å². The van der Waals surface area contributed by atoms with Gasteiger partial charge in [0.05, 0.1) is 0 Å². The number of hydrogen-bond acceptors (Lipinski definition) is 2. The predicted molar refractivity (Wildman–Crippen MR) is 50.5 cm³/mol. The molecule has 52 valence electrons. The fraction of sp³-hybridized carbons (Fsp3) is 0. The number of nitrogens with one attached hydrogen (secondary N) is 1. The second-order valence-corrected chi connectivity index (χ2v) is 2.55. The van der Waals surface area contributed by atoms with Gasteiger partial charge in [-0.3, -0.25) is 0 Å². The minimum absolute atomic E-state index is 0. The molecule has 11 heavy (non-hydrogen) atoms. The van der Waals surface area contributed by atoms with Gasteiger partial charge < -0.3 is 4.98 Å². The standard InChI is InChI=1S/C7H6N2S.Na.H/c10-6-2-4-9-7-5(6)1-3-8-7;;/h1-4H,(H2,8,9,10);;. The van der Waals surface area contributed by atoms with E-state index in [1.807, 2.05) is 18.3 Å². The molecule has 2 rings (SSSR count). The average Bonchev–Trinajstić information content (AvgIpc) is 2.36. The summed E-state index contributed by atoms with van der Waals surface area (Å²) in [4.78, 5) is 8.06. The quantitative estimate of drug-likeness (QED) is 0.456. The maximum atomic E-state index is 4.26. The van der Waals surface area contributed by atoms with Crippen LogP contribution in [-0.4, -0.2) is 39.5 Å². The molecule has 2 heterocycles. The van der Waals surface area contributed by atoms with Crippen molar-refractivity contribution in [2.24, 2.45) is 0 Å². The Hall–Kier alpha value is 0.0400. The third kappa shape index (κ3) is 1.62. The van der Waals surface area contributed by atoms with Crippen LogP contribution in [-0.2, 0) is 0 Å². The van der Waals surface area contributed by atoms with Gasteiger partial charge in [-0.1, -0.05) is 0 Å². The number of aromatic amines is 1. The summed E-state index contributed by atoms with van der Waals surface area (Å²) in [5.41, 5.74) is 0.896. The molecule has 0 aliphatic carbocycles. The molecule has 0 bridgehead atoms. The van der Waals surface area contributed by atoms with E-state index in [2.05, 4.69) is 22.6 Å². The zero-order valence-electron chi connectivity index (χ0n) is 5.20. The summed E-state index contributed by atoms with van der Waals surface area (Å²) in [5, 5.41) is 1.07. The molecule has 2 aromatic heterocycles. The predicted octanol–water partition coefficient (Wildman–Crippen LogP) is 1.20. The number of rotatable bonds is 0. The van der Waals surface area contributed by atoms with Gasteiger partial charge in [0.15, 0.2) is 0 Å². The summed E-state index contributed by atoms with van der Waals surface area (Å²) in [6, 6.07) is 3.84. The summed E-state index contributed by atoms with van der Waals surface area (Å²) in [7, 11) is 0. The van der Waals surface area contributed by atoms with Gasteiger partial charge in [0.25, 0.3) is 0 Å². The van der Waals surface area contributed by atoms with Crippen molar-refractivity contribution in [1.82, 2.24) is 9.97 Å². The van der Waals surface area contributed by atoms with E-state index in [1.165, 1.54) is 0 Å². The fourth-order valence-electron chi connectivity index (χ4n) is 0.946. The number of hydrogen-bond donors (Lipinski definition) is 2. The molecule has 0 fully saturated rings. The number of pyridine rings is 1. The van der Waals surface area contributed by atoms with Gasteiger partial charge in [-0.05, 0) is 12.1 Å². The molecule has 0 amide bonds. The van der Waals surface area contributed by atoms with Gasteiger partial charge in [0.2, 0.25) is 0 Å². The molecule has 0 aliphatic heterocycles. The Morgan fingerprint density at radius 2 is 2.18 bits per heavy atom. The van der Waals surface area contributed by atoms with Gasteiger partial charge in [0, 0.05) is 22.7 Å². The van der Waals surface area contributed by atoms with Crippen LogP contribution >= 0.6 is 12.6 Å². The topological polar surface area (TPSA) is 28.7 Å². The zero-order chi connectivity index (χ0) is 6.97. The molecule has 0 saturated carbocycles. The Morgan fingerprint density at radius 1 is 1.36 bits per heavy atom. The first-order valence-corrected chi connectivity index (χ1v) is 3.44. The van der Waals surface area contributed by atoms with Crippen molar-refractivity contribution < 1.29 is 0 Å². The average molecular weight is 174 g/mol. The maximum absolute atomic E-state index is 4.26. The van der Waals surface area contributed by atoms with Crippen molar-refractivity contribution in [2.45, 2.75) is 4.90 Å². The third-order valence-electron chi connectivity index (χ3n) is 1.44. The monoisotopic (exact) mass is 174 g/mol. The van der Waals surface area contributed by atoms with Crippen molar-refractivity contribution in [3.8, 4) is 0 Å². The van der Waals surface area contributed by atoms with Gasteiger partial charge in [0.1, 0.15) is 5.65 Å². The van der Waals surface area contributed by atoms with Gasteiger partial charge >= 0.3 is 29.6 Å². The molecule has 0 aromatic carbocycles. The molecule has 0 spiro atoms. The molecule has 0 atom stereocenters. The van der Waals surface area contributed by atoms with Crippen molar-refractivity contribution in [2.75, 3.05) is 0 Å². The molecule has 0 aliphatic rings. The summed E-state index contributed by atoms with van der Waals surface area (Å²) < 4.78 is 0. The summed E-state index contributed by atoms with van der Waals surface area (Å²) >= 11 is 4.26. The first-order valence-electron chi connectivity index (χ1n) is 2.99. The minimum atomic E-state index is 0. The Kier molecular flexibility index (Phi) is 3.01. The fourth-order valence-corrected chi connectivity index (χ4v) is 1.19. The van der Waals surface area contributed by atoms with E-state index in [0.717, 1.165) is 15.9 Å². The molecule has 0 saturated heterocycles. The van der Waals surface area contributed by atoms with Crippen LogP contribution in [0.2, 0.25) is 0 Å². The normalized spacial score (nSPS) is 9.55. The molecule has 0 unspecified atom stereocenters. The van der Waals surface area contributed by atoms with Crippen molar-refractivity contribution in [3.05, 3.63) is 24.5 Å². The van der Waals surface area contributed by atoms with Gasteiger partial charge in [-0.25, -0.2) is 4.98 Å². The second kappa shape index (κ2) is 3.63. The second-order valence-electron chi connectivity index (χ2n) is 2.07. The van der Waals surface area contributed by atoms with Crippen LogP contribution in [0.5, 0.6) is 0 Å². The van der Waals surface area contributed by atoms with Crippen LogP contribution in [0.1, 0.15) is 0 Å². The van der Waals surface area contributed by atoms with Gasteiger partial charge in [-0.2, -0.15) is 0 Å². The zero-order valence-corrected chi connectivity index (χ0v) is 6.10. The Balaban J connectivity index is 0.000000605. The molecule has 1 N–H and O–H groups in total. The van der Waals surface area contributed by atoms with E-state index < -0.39 is 0 Å². The SMILES string of the molecule is Sc1ccnc2[nH]ccc12.[NaH]. The van der Waals surface area contributed by atoms with E-state index in [-0.39, 0.29) is 29.6 Å². The number of H-pyrrole nitrogens is 1. The number of aromatic nitrogens is 2. The Morgan fingerprint density at radius 3 is 2.91 bits per heavy atom. The van der Waals surface area contributed by atoms with Crippen LogP contribution in [0.3, 0.4) is 0 Å². The third-order valence-corrected chi connectivity index (χ3v) is 1.83. The first kappa shape index (κ1) is 9.13. The first-order chi connectivity index (χ1) is 4.88. The van der Waals surface area contributed by atoms with Crippen molar-refractivity contribution in [1.29, 1.82) is 0 Å².